The first kappa shape index (κ1) is 16.5. The van der Waals surface area contributed by atoms with Gasteiger partial charge in [-0.2, -0.15) is 0 Å². The van der Waals surface area contributed by atoms with Gasteiger partial charge in [0.1, 0.15) is 0 Å². The van der Waals surface area contributed by atoms with E-state index in [0.717, 1.165) is 23.6 Å². The summed E-state index contributed by atoms with van der Waals surface area (Å²) in [5.41, 5.74) is 1.42. The maximum Gasteiger partial charge on any atom is 0.277 e. The molecular formula is C16H21N3O2S2. The molecule has 0 aliphatic heterocycles. The Bertz CT molecular complexity index is 708. The van der Waals surface area contributed by atoms with Gasteiger partial charge in [0, 0.05) is 19.0 Å². The van der Waals surface area contributed by atoms with E-state index in [2.05, 4.69) is 23.2 Å². The number of thiophene rings is 1. The lowest BCUT2D eigenvalue weighted by Crippen LogP contribution is -2.29. The van der Waals surface area contributed by atoms with Crippen LogP contribution in [0.15, 0.2) is 15.7 Å². The second kappa shape index (κ2) is 6.65. The van der Waals surface area contributed by atoms with Crippen LogP contribution in [-0.2, 0) is 17.6 Å². The predicted octanol–water partition coefficient (Wildman–Crippen LogP) is 3.49. The fourth-order valence-electron chi connectivity index (χ4n) is 2.73. The Morgan fingerprint density at radius 2 is 2.26 bits per heavy atom. The van der Waals surface area contributed by atoms with Gasteiger partial charge >= 0.3 is 0 Å². The van der Waals surface area contributed by atoms with Crippen molar-refractivity contribution in [1.29, 1.82) is 0 Å². The third-order valence-corrected chi connectivity index (χ3v) is 6.16. The maximum atomic E-state index is 11.9. The molecule has 2 aromatic rings. The third-order valence-electron chi connectivity index (χ3n) is 4.01. The Balaban J connectivity index is 1.74. The van der Waals surface area contributed by atoms with E-state index in [1.165, 1.54) is 28.6 Å². The van der Waals surface area contributed by atoms with Crippen molar-refractivity contribution in [2.24, 2.45) is 5.92 Å². The lowest BCUT2D eigenvalue weighted by molar-refractivity contribution is -0.127. The van der Waals surface area contributed by atoms with Crippen LogP contribution in [-0.4, -0.2) is 40.3 Å². The molecule has 7 heteroatoms. The molecule has 1 aliphatic carbocycles. The summed E-state index contributed by atoms with van der Waals surface area (Å²) in [4.78, 5) is 16.0. The van der Waals surface area contributed by atoms with Crippen molar-refractivity contribution in [2.75, 3.05) is 14.1 Å². The number of nitrogens with zero attached hydrogens (tertiary/aromatic N) is 3. The molecule has 0 spiro atoms. The van der Waals surface area contributed by atoms with Gasteiger partial charge in [-0.3, -0.25) is 4.79 Å². The van der Waals surface area contributed by atoms with Gasteiger partial charge in [0.15, 0.2) is 0 Å². The van der Waals surface area contributed by atoms with Crippen molar-refractivity contribution >= 4 is 29.0 Å². The van der Waals surface area contributed by atoms with Crippen LogP contribution in [0.3, 0.4) is 0 Å². The molecule has 0 saturated carbocycles. The quantitative estimate of drug-likeness (QED) is 0.789. The van der Waals surface area contributed by atoms with E-state index in [9.17, 15) is 4.79 Å². The maximum absolute atomic E-state index is 11.9. The van der Waals surface area contributed by atoms with E-state index in [1.54, 1.807) is 30.3 Å². The molecule has 0 radical (unpaired) electrons. The van der Waals surface area contributed by atoms with Crippen molar-refractivity contribution < 1.29 is 9.21 Å². The van der Waals surface area contributed by atoms with E-state index >= 15 is 0 Å². The molecular weight excluding hydrogens is 330 g/mol. The van der Waals surface area contributed by atoms with Crippen molar-refractivity contribution in [2.45, 2.75) is 43.6 Å². The zero-order valence-corrected chi connectivity index (χ0v) is 15.5. The SMILES string of the molecule is C[C@@H]1CCc2sc(-c3nnc(S[C@@H](C)C(=O)N(C)C)o3)cc2C1. The summed E-state index contributed by atoms with van der Waals surface area (Å²) >= 11 is 3.06. The zero-order chi connectivity index (χ0) is 16.6. The highest BCUT2D eigenvalue weighted by atomic mass is 32.2. The van der Waals surface area contributed by atoms with Gasteiger partial charge < -0.3 is 9.32 Å². The summed E-state index contributed by atoms with van der Waals surface area (Å²) in [5, 5.41) is 8.44. The van der Waals surface area contributed by atoms with E-state index < -0.39 is 0 Å². The largest absolute Gasteiger partial charge is 0.410 e. The van der Waals surface area contributed by atoms with Crippen LogP contribution in [0.5, 0.6) is 0 Å². The number of fused-ring (bicyclic) bond motifs is 1. The molecule has 124 valence electrons. The minimum absolute atomic E-state index is 0.0373. The Labute approximate surface area is 144 Å². The number of thioether (sulfide) groups is 1. The molecule has 0 fully saturated rings. The van der Waals surface area contributed by atoms with Gasteiger partial charge in [0.25, 0.3) is 11.1 Å². The number of amides is 1. The van der Waals surface area contributed by atoms with E-state index in [4.69, 9.17) is 4.42 Å². The smallest absolute Gasteiger partial charge is 0.277 e. The molecule has 0 N–H and O–H groups in total. The molecule has 1 aliphatic rings. The molecule has 5 nitrogen and oxygen atoms in total. The van der Waals surface area contributed by atoms with Crippen LogP contribution < -0.4 is 0 Å². The van der Waals surface area contributed by atoms with E-state index in [-0.39, 0.29) is 11.2 Å². The topological polar surface area (TPSA) is 59.2 Å². The summed E-state index contributed by atoms with van der Waals surface area (Å²) in [6, 6.07) is 2.19. The number of aryl methyl sites for hydroxylation is 1. The lowest BCUT2D eigenvalue weighted by atomic mass is 9.90. The van der Waals surface area contributed by atoms with Crippen LogP contribution in [0.2, 0.25) is 0 Å². The number of hydrogen-bond acceptors (Lipinski definition) is 6. The fourth-order valence-corrected chi connectivity index (χ4v) is 4.69. The molecule has 0 saturated heterocycles. The second-order valence-electron chi connectivity index (χ2n) is 6.27. The van der Waals surface area contributed by atoms with Gasteiger partial charge in [-0.25, -0.2) is 0 Å². The second-order valence-corrected chi connectivity index (χ2v) is 8.70. The van der Waals surface area contributed by atoms with Gasteiger partial charge in [0.05, 0.1) is 10.1 Å². The summed E-state index contributed by atoms with van der Waals surface area (Å²) in [6.45, 7) is 4.15. The lowest BCUT2D eigenvalue weighted by Gasteiger charge is -2.16. The Hall–Kier alpha value is -1.34. The number of carbonyl (C=O) groups is 1. The van der Waals surface area contributed by atoms with Crippen LogP contribution in [0.25, 0.3) is 10.8 Å². The van der Waals surface area contributed by atoms with Crippen LogP contribution in [0.1, 0.15) is 30.7 Å². The molecule has 1 amide bonds. The molecule has 0 unspecified atom stereocenters. The predicted molar refractivity (Wildman–Crippen MR) is 92.8 cm³/mol. The summed E-state index contributed by atoms with van der Waals surface area (Å²) in [5.74, 6) is 1.34. The summed E-state index contributed by atoms with van der Waals surface area (Å²) in [6.07, 6.45) is 3.53. The summed E-state index contributed by atoms with van der Waals surface area (Å²) < 4.78 is 5.76. The van der Waals surface area contributed by atoms with Crippen molar-refractivity contribution in [3.05, 3.63) is 16.5 Å². The summed E-state index contributed by atoms with van der Waals surface area (Å²) in [7, 11) is 3.49. The first-order valence-corrected chi connectivity index (χ1v) is 9.47. The average Bonchev–Trinajstić information content (AvgIpc) is 3.12. The first-order valence-electron chi connectivity index (χ1n) is 7.77. The number of carbonyl (C=O) groups excluding carboxylic acids is 1. The van der Waals surface area contributed by atoms with Crippen LogP contribution >= 0.6 is 23.1 Å². The molecule has 0 aromatic carbocycles. The highest BCUT2D eigenvalue weighted by molar-refractivity contribution is 8.00. The van der Waals surface area contributed by atoms with E-state index in [1.807, 2.05) is 6.92 Å². The zero-order valence-electron chi connectivity index (χ0n) is 13.8. The molecule has 3 rings (SSSR count). The average molecular weight is 351 g/mol. The highest BCUT2D eigenvalue weighted by Gasteiger charge is 2.23. The van der Waals surface area contributed by atoms with Gasteiger partial charge in [0.2, 0.25) is 5.91 Å². The molecule has 2 heterocycles. The van der Waals surface area contributed by atoms with Gasteiger partial charge in [-0.05, 0) is 43.7 Å². The number of aromatic nitrogens is 2. The standard InChI is InChI=1S/C16H21N3O2S2/c1-9-5-6-12-11(7-9)8-13(23-12)14-17-18-16(21-14)22-10(2)15(20)19(3)4/h8-10H,5-7H2,1-4H3/t9-,10+/m1/s1. The first-order chi connectivity index (χ1) is 10.9. The molecule has 0 bridgehead atoms. The molecule has 2 atom stereocenters. The molecule has 23 heavy (non-hydrogen) atoms. The molecule has 2 aromatic heterocycles. The highest BCUT2D eigenvalue weighted by Crippen LogP contribution is 2.37. The van der Waals surface area contributed by atoms with Gasteiger partial charge in [-0.15, -0.1) is 21.5 Å². The van der Waals surface area contributed by atoms with Crippen LogP contribution in [0, 0.1) is 5.92 Å². The van der Waals surface area contributed by atoms with Crippen molar-refractivity contribution in [1.82, 2.24) is 15.1 Å². The Morgan fingerprint density at radius 3 is 3.00 bits per heavy atom. The minimum Gasteiger partial charge on any atom is -0.410 e. The van der Waals surface area contributed by atoms with Crippen molar-refractivity contribution in [3.63, 3.8) is 0 Å². The monoisotopic (exact) mass is 351 g/mol. The number of hydrogen-bond donors (Lipinski definition) is 0. The number of rotatable bonds is 4. The van der Waals surface area contributed by atoms with E-state index in [0.29, 0.717) is 11.1 Å². The fraction of sp³-hybridized carbons (Fsp3) is 0.562. The van der Waals surface area contributed by atoms with Crippen LogP contribution in [0.4, 0.5) is 0 Å². The minimum atomic E-state index is -0.240. The van der Waals surface area contributed by atoms with Gasteiger partial charge in [-0.1, -0.05) is 18.7 Å². The Morgan fingerprint density at radius 1 is 1.48 bits per heavy atom. The normalized spacial score (nSPS) is 18.5. The third kappa shape index (κ3) is 3.61. The van der Waals surface area contributed by atoms with Crippen molar-refractivity contribution in [3.8, 4) is 10.8 Å². The Kier molecular flexibility index (Phi) is 4.77.